The van der Waals surface area contributed by atoms with Gasteiger partial charge in [-0.3, -0.25) is 9.59 Å². The third-order valence-corrected chi connectivity index (χ3v) is 4.37. The highest BCUT2D eigenvalue weighted by molar-refractivity contribution is 7.20. The predicted octanol–water partition coefficient (Wildman–Crippen LogP) is 2.32. The molecular formula is C16H16N2O4S. The third kappa shape index (κ3) is 3.57. The molecule has 6 nitrogen and oxygen atoms in total. The van der Waals surface area contributed by atoms with Gasteiger partial charge in [0.25, 0.3) is 5.91 Å². The van der Waals surface area contributed by atoms with Crippen molar-refractivity contribution in [1.29, 1.82) is 0 Å². The second kappa shape index (κ2) is 7.06. The average molecular weight is 332 g/mol. The fourth-order valence-electron chi connectivity index (χ4n) is 2.11. The van der Waals surface area contributed by atoms with Crippen molar-refractivity contribution in [2.45, 2.75) is 13.8 Å². The van der Waals surface area contributed by atoms with Crippen LogP contribution in [0, 0.1) is 6.92 Å². The van der Waals surface area contributed by atoms with Gasteiger partial charge in [-0.15, -0.1) is 11.3 Å². The van der Waals surface area contributed by atoms with E-state index in [1.807, 2.05) is 30.3 Å². The molecule has 7 heteroatoms. The van der Waals surface area contributed by atoms with E-state index in [1.165, 1.54) is 11.3 Å². The molecule has 0 radical (unpaired) electrons. The molecule has 0 atom stereocenters. The molecule has 0 aliphatic rings. The number of nitrogens with two attached hydrogens (primary N) is 1. The highest BCUT2D eigenvalue weighted by atomic mass is 32.1. The van der Waals surface area contributed by atoms with Crippen LogP contribution in [0.3, 0.4) is 0 Å². The molecule has 120 valence electrons. The van der Waals surface area contributed by atoms with Crippen LogP contribution in [0.15, 0.2) is 30.3 Å². The van der Waals surface area contributed by atoms with E-state index in [2.05, 4.69) is 10.1 Å². The lowest BCUT2D eigenvalue weighted by molar-refractivity contribution is -0.152. The van der Waals surface area contributed by atoms with Gasteiger partial charge in [-0.25, -0.2) is 4.79 Å². The summed E-state index contributed by atoms with van der Waals surface area (Å²) in [4.78, 5) is 35.8. The van der Waals surface area contributed by atoms with Crippen molar-refractivity contribution in [2.24, 2.45) is 5.73 Å². The Morgan fingerprint density at radius 2 is 1.87 bits per heavy atom. The maximum absolute atomic E-state index is 11.8. The molecule has 0 fully saturated rings. The first-order valence-corrected chi connectivity index (χ1v) is 7.74. The minimum atomic E-state index is -1.00. The smallest absolute Gasteiger partial charge is 0.397 e. The van der Waals surface area contributed by atoms with Crippen LogP contribution in [0.25, 0.3) is 10.4 Å². The first kappa shape index (κ1) is 16.7. The van der Waals surface area contributed by atoms with Crippen LogP contribution in [-0.2, 0) is 14.3 Å². The summed E-state index contributed by atoms with van der Waals surface area (Å²) < 4.78 is 4.64. The first-order valence-electron chi connectivity index (χ1n) is 6.92. The van der Waals surface area contributed by atoms with E-state index in [0.29, 0.717) is 5.56 Å². The molecule has 2 amide bonds. The second-order valence-corrected chi connectivity index (χ2v) is 5.69. The Morgan fingerprint density at radius 1 is 1.22 bits per heavy atom. The topological polar surface area (TPSA) is 98.5 Å². The molecule has 2 aromatic rings. The molecular weight excluding hydrogens is 316 g/mol. The molecule has 0 unspecified atom stereocenters. The van der Waals surface area contributed by atoms with Crippen LogP contribution in [0.2, 0.25) is 0 Å². The standard InChI is InChI=1S/C16H16N2O4S/c1-3-22-16(21)14(20)18-15-11(13(17)19)9(2)12(23-15)10-7-5-4-6-8-10/h4-8H,3H2,1-2H3,(H2,17,19)(H,18,20). The summed E-state index contributed by atoms with van der Waals surface area (Å²) in [6, 6.07) is 9.40. The number of rotatable bonds is 4. The average Bonchev–Trinajstić information content (AvgIpc) is 2.84. The van der Waals surface area contributed by atoms with Gasteiger partial charge in [-0.2, -0.15) is 0 Å². The molecule has 1 aromatic carbocycles. The summed E-state index contributed by atoms with van der Waals surface area (Å²) in [6.45, 7) is 3.44. The first-order chi connectivity index (χ1) is 11.0. The Bertz CT molecular complexity index is 753. The number of ether oxygens (including phenoxy) is 1. The largest absolute Gasteiger partial charge is 0.459 e. The van der Waals surface area contributed by atoms with Gasteiger partial charge < -0.3 is 15.8 Å². The Balaban J connectivity index is 2.42. The number of carbonyl (C=O) groups is 3. The minimum Gasteiger partial charge on any atom is -0.459 e. The second-order valence-electron chi connectivity index (χ2n) is 4.67. The number of carbonyl (C=O) groups excluding carboxylic acids is 3. The molecule has 2 rings (SSSR count). The van der Waals surface area contributed by atoms with Crippen molar-refractivity contribution in [3.8, 4) is 10.4 Å². The molecule has 0 saturated heterocycles. The van der Waals surface area contributed by atoms with Crippen molar-refractivity contribution in [3.05, 3.63) is 41.5 Å². The van der Waals surface area contributed by atoms with E-state index < -0.39 is 17.8 Å². The fraction of sp³-hybridized carbons (Fsp3) is 0.188. The number of amides is 2. The van der Waals surface area contributed by atoms with E-state index in [9.17, 15) is 14.4 Å². The van der Waals surface area contributed by atoms with Crippen LogP contribution >= 0.6 is 11.3 Å². The van der Waals surface area contributed by atoms with Gasteiger partial charge >= 0.3 is 11.9 Å². The van der Waals surface area contributed by atoms with Gasteiger partial charge in [-0.05, 0) is 25.0 Å². The fourth-order valence-corrected chi connectivity index (χ4v) is 3.33. The summed E-state index contributed by atoms with van der Waals surface area (Å²) >= 11 is 1.19. The summed E-state index contributed by atoms with van der Waals surface area (Å²) in [5.41, 5.74) is 7.18. The van der Waals surface area contributed by atoms with E-state index >= 15 is 0 Å². The Hall–Kier alpha value is -2.67. The van der Waals surface area contributed by atoms with Crippen LogP contribution in [0.4, 0.5) is 5.00 Å². The van der Waals surface area contributed by atoms with Crippen molar-refractivity contribution in [1.82, 2.24) is 0 Å². The summed E-state index contributed by atoms with van der Waals surface area (Å²) in [5, 5.41) is 2.65. The zero-order chi connectivity index (χ0) is 17.0. The van der Waals surface area contributed by atoms with Gasteiger partial charge in [0, 0.05) is 4.88 Å². The zero-order valence-corrected chi connectivity index (χ0v) is 13.5. The van der Waals surface area contributed by atoms with E-state index in [-0.39, 0.29) is 17.2 Å². The zero-order valence-electron chi connectivity index (χ0n) is 12.7. The number of primary amides is 1. The SMILES string of the molecule is CCOC(=O)C(=O)Nc1sc(-c2ccccc2)c(C)c1C(N)=O. The van der Waals surface area contributed by atoms with E-state index in [1.54, 1.807) is 13.8 Å². The number of nitrogens with one attached hydrogen (secondary N) is 1. The van der Waals surface area contributed by atoms with Crippen molar-refractivity contribution in [3.63, 3.8) is 0 Å². The molecule has 1 heterocycles. The van der Waals surface area contributed by atoms with Gasteiger partial charge in [0.05, 0.1) is 12.2 Å². The predicted molar refractivity (Wildman–Crippen MR) is 88.3 cm³/mol. The molecule has 0 spiro atoms. The summed E-state index contributed by atoms with van der Waals surface area (Å²) in [6.07, 6.45) is 0. The monoisotopic (exact) mass is 332 g/mol. The molecule has 0 aliphatic carbocycles. The number of hydrogen-bond donors (Lipinski definition) is 2. The number of thiophene rings is 1. The van der Waals surface area contributed by atoms with Gasteiger partial charge in [0.2, 0.25) is 0 Å². The highest BCUT2D eigenvalue weighted by Gasteiger charge is 2.24. The Morgan fingerprint density at radius 3 is 2.43 bits per heavy atom. The number of benzene rings is 1. The highest BCUT2D eigenvalue weighted by Crippen LogP contribution is 2.39. The number of hydrogen-bond acceptors (Lipinski definition) is 5. The lowest BCUT2D eigenvalue weighted by Gasteiger charge is -2.04. The molecule has 1 aromatic heterocycles. The van der Waals surface area contributed by atoms with Crippen LogP contribution in [0.1, 0.15) is 22.8 Å². The van der Waals surface area contributed by atoms with E-state index in [4.69, 9.17) is 5.73 Å². The lowest BCUT2D eigenvalue weighted by Crippen LogP contribution is -2.26. The minimum absolute atomic E-state index is 0.0909. The van der Waals surface area contributed by atoms with Crippen LogP contribution in [-0.4, -0.2) is 24.4 Å². The number of anilines is 1. The van der Waals surface area contributed by atoms with Gasteiger partial charge in [0.15, 0.2) is 0 Å². The van der Waals surface area contributed by atoms with Crippen LogP contribution in [0.5, 0.6) is 0 Å². The summed E-state index contributed by atoms with van der Waals surface area (Å²) in [5.74, 6) is -2.61. The molecule has 23 heavy (non-hydrogen) atoms. The Kier molecular flexibility index (Phi) is 5.13. The third-order valence-electron chi connectivity index (χ3n) is 3.12. The number of esters is 1. The maximum Gasteiger partial charge on any atom is 0.397 e. The molecule has 3 N–H and O–H groups in total. The van der Waals surface area contributed by atoms with Crippen molar-refractivity contribution in [2.75, 3.05) is 11.9 Å². The maximum atomic E-state index is 11.8. The molecule has 0 bridgehead atoms. The molecule has 0 saturated carbocycles. The normalized spacial score (nSPS) is 10.2. The quantitative estimate of drug-likeness (QED) is 0.663. The van der Waals surface area contributed by atoms with Crippen molar-refractivity contribution < 1.29 is 19.1 Å². The van der Waals surface area contributed by atoms with Gasteiger partial charge in [-0.1, -0.05) is 30.3 Å². The Labute approximate surface area is 137 Å². The van der Waals surface area contributed by atoms with Gasteiger partial charge in [0.1, 0.15) is 5.00 Å². The van der Waals surface area contributed by atoms with E-state index in [0.717, 1.165) is 10.4 Å². The molecule has 0 aliphatic heterocycles. The summed E-state index contributed by atoms with van der Waals surface area (Å²) in [7, 11) is 0. The van der Waals surface area contributed by atoms with Crippen LogP contribution < -0.4 is 11.1 Å². The van der Waals surface area contributed by atoms with Crippen molar-refractivity contribution >= 4 is 34.1 Å². The lowest BCUT2D eigenvalue weighted by atomic mass is 10.1.